The fraction of sp³-hybridized carbons (Fsp3) is 0.480. The number of methoxy groups -OCH3 is 1. The van der Waals surface area contributed by atoms with E-state index in [9.17, 15) is 14.4 Å². The Labute approximate surface area is 194 Å². The summed E-state index contributed by atoms with van der Waals surface area (Å²) >= 11 is 0. The second-order valence-electron chi connectivity index (χ2n) is 8.62. The summed E-state index contributed by atoms with van der Waals surface area (Å²) in [6.45, 7) is 7.45. The Morgan fingerprint density at radius 3 is 2.61 bits per heavy atom. The molecule has 1 atom stereocenters. The fourth-order valence-electron chi connectivity index (χ4n) is 3.87. The molecule has 2 heterocycles. The molecule has 1 aromatic carbocycles. The average molecular weight is 457 g/mol. The molecular weight excluding hydrogens is 424 g/mol. The third-order valence-electron chi connectivity index (χ3n) is 5.56. The number of hydrogen-bond donors (Lipinski definition) is 1. The molecule has 2 aliphatic heterocycles. The first-order valence-electron chi connectivity index (χ1n) is 11.2. The van der Waals surface area contributed by atoms with E-state index in [1.54, 1.807) is 42.2 Å². The Bertz CT molecular complexity index is 942. The van der Waals surface area contributed by atoms with Crippen LogP contribution in [0, 0.1) is 5.92 Å². The third-order valence-corrected chi connectivity index (χ3v) is 5.56. The number of allylic oxidation sites excluding steroid dienone is 1. The topological polar surface area (TPSA) is 94.2 Å². The molecule has 1 aromatic rings. The first-order chi connectivity index (χ1) is 15.8. The summed E-state index contributed by atoms with van der Waals surface area (Å²) in [6.07, 6.45) is 3.75. The van der Waals surface area contributed by atoms with Crippen LogP contribution >= 0.6 is 0 Å². The molecule has 0 spiro atoms. The number of esters is 1. The van der Waals surface area contributed by atoms with Gasteiger partial charge in [0.2, 0.25) is 0 Å². The van der Waals surface area contributed by atoms with Crippen molar-refractivity contribution in [1.82, 2.24) is 10.2 Å². The fourth-order valence-corrected chi connectivity index (χ4v) is 3.87. The predicted molar refractivity (Wildman–Crippen MR) is 123 cm³/mol. The summed E-state index contributed by atoms with van der Waals surface area (Å²) in [6, 6.07) is 6.99. The van der Waals surface area contributed by atoms with Crippen molar-refractivity contribution in [2.75, 3.05) is 33.4 Å². The van der Waals surface area contributed by atoms with Gasteiger partial charge in [0, 0.05) is 25.4 Å². The maximum atomic E-state index is 13.0. The van der Waals surface area contributed by atoms with E-state index in [1.807, 2.05) is 13.8 Å². The number of nitrogens with zero attached hydrogens (tertiary/aromatic N) is 1. The van der Waals surface area contributed by atoms with Crippen LogP contribution in [0.1, 0.15) is 39.2 Å². The number of nitrogens with one attached hydrogen (secondary N) is 1. The van der Waals surface area contributed by atoms with Crippen LogP contribution in [0.5, 0.6) is 5.75 Å². The Morgan fingerprint density at radius 1 is 1.27 bits per heavy atom. The summed E-state index contributed by atoms with van der Waals surface area (Å²) in [5, 5.41) is 2.81. The molecule has 0 radical (unpaired) electrons. The molecule has 3 rings (SSSR count). The van der Waals surface area contributed by atoms with Gasteiger partial charge in [-0.15, -0.1) is 0 Å². The molecule has 178 valence electrons. The lowest BCUT2D eigenvalue weighted by atomic mass is 10.0. The smallest absolute Gasteiger partial charge is 0.340 e. The zero-order valence-electron chi connectivity index (χ0n) is 19.7. The molecule has 33 heavy (non-hydrogen) atoms. The van der Waals surface area contributed by atoms with Crippen molar-refractivity contribution < 1.29 is 28.6 Å². The highest BCUT2D eigenvalue weighted by atomic mass is 16.5. The van der Waals surface area contributed by atoms with E-state index in [0.29, 0.717) is 30.1 Å². The number of carbonyl (C=O) groups is 3. The lowest BCUT2D eigenvalue weighted by Crippen LogP contribution is -2.35. The average Bonchev–Trinajstić information content (AvgIpc) is 3.39. The molecule has 0 aliphatic carbocycles. The molecule has 2 amide bonds. The van der Waals surface area contributed by atoms with E-state index in [-0.39, 0.29) is 36.0 Å². The van der Waals surface area contributed by atoms with Crippen molar-refractivity contribution in [1.29, 1.82) is 0 Å². The summed E-state index contributed by atoms with van der Waals surface area (Å²) in [5.41, 5.74) is 1.92. The minimum absolute atomic E-state index is 0.0867. The van der Waals surface area contributed by atoms with Gasteiger partial charge in [-0.05, 0) is 49.5 Å². The summed E-state index contributed by atoms with van der Waals surface area (Å²) in [7, 11) is 1.30. The molecule has 2 aliphatic rings. The van der Waals surface area contributed by atoms with Crippen LogP contribution in [0.15, 0.2) is 41.1 Å². The lowest BCUT2D eigenvalue weighted by molar-refractivity contribution is -0.136. The van der Waals surface area contributed by atoms with Gasteiger partial charge in [0.05, 0.1) is 24.4 Å². The van der Waals surface area contributed by atoms with Crippen molar-refractivity contribution in [2.24, 2.45) is 5.92 Å². The standard InChI is InChI=1S/C25H32N2O6/c1-16(2)14-27-17(3)23(25(30)31-4)21(24(27)29)12-18-7-9-19(10-8-18)33-15-22(28)26-13-20-6-5-11-32-20/h7-10,12,16,20H,5-6,11,13-15H2,1-4H3,(H,26,28)/b21-12-/t20-/m0/s1. The second-order valence-corrected chi connectivity index (χ2v) is 8.62. The summed E-state index contributed by atoms with van der Waals surface area (Å²) < 4.78 is 16.0. The number of ether oxygens (including phenoxy) is 3. The third kappa shape index (κ3) is 6.22. The van der Waals surface area contributed by atoms with Crippen LogP contribution in [0.4, 0.5) is 0 Å². The molecule has 0 saturated carbocycles. The van der Waals surface area contributed by atoms with Crippen LogP contribution in [-0.4, -0.2) is 62.2 Å². The molecule has 1 fully saturated rings. The van der Waals surface area contributed by atoms with Gasteiger partial charge in [-0.3, -0.25) is 9.59 Å². The van der Waals surface area contributed by atoms with Gasteiger partial charge in [0.15, 0.2) is 6.61 Å². The van der Waals surface area contributed by atoms with E-state index < -0.39 is 5.97 Å². The number of carbonyl (C=O) groups excluding carboxylic acids is 3. The molecule has 0 bridgehead atoms. The Hall–Kier alpha value is -3.13. The van der Waals surface area contributed by atoms with Crippen molar-refractivity contribution >= 4 is 23.9 Å². The number of amides is 2. The summed E-state index contributed by atoms with van der Waals surface area (Å²) in [4.78, 5) is 39.0. The summed E-state index contributed by atoms with van der Waals surface area (Å²) in [5.74, 6) is -0.177. The molecule has 1 saturated heterocycles. The van der Waals surface area contributed by atoms with Crippen molar-refractivity contribution in [3.05, 3.63) is 46.7 Å². The Balaban J connectivity index is 1.65. The van der Waals surface area contributed by atoms with Crippen molar-refractivity contribution in [2.45, 2.75) is 39.7 Å². The number of hydrogen-bond acceptors (Lipinski definition) is 6. The highest BCUT2D eigenvalue weighted by Gasteiger charge is 2.37. The molecule has 0 unspecified atom stereocenters. The van der Waals surface area contributed by atoms with E-state index in [2.05, 4.69) is 5.32 Å². The van der Waals surface area contributed by atoms with Crippen LogP contribution in [0.2, 0.25) is 0 Å². The second kappa shape index (κ2) is 11.1. The molecule has 8 nitrogen and oxygen atoms in total. The van der Waals surface area contributed by atoms with E-state index in [0.717, 1.165) is 25.0 Å². The minimum atomic E-state index is -0.535. The van der Waals surface area contributed by atoms with Crippen LogP contribution < -0.4 is 10.1 Å². The minimum Gasteiger partial charge on any atom is -0.484 e. The monoisotopic (exact) mass is 456 g/mol. The van der Waals surface area contributed by atoms with E-state index in [4.69, 9.17) is 14.2 Å². The quantitative estimate of drug-likeness (QED) is 0.454. The van der Waals surface area contributed by atoms with Crippen molar-refractivity contribution in [3.8, 4) is 5.75 Å². The Kier molecular flexibility index (Phi) is 8.27. The van der Waals surface area contributed by atoms with Gasteiger partial charge in [0.1, 0.15) is 5.75 Å². The van der Waals surface area contributed by atoms with Crippen molar-refractivity contribution in [3.63, 3.8) is 0 Å². The molecular formula is C25H32N2O6. The Morgan fingerprint density at radius 2 is 2.00 bits per heavy atom. The maximum absolute atomic E-state index is 13.0. The first-order valence-corrected chi connectivity index (χ1v) is 11.2. The van der Waals surface area contributed by atoms with Gasteiger partial charge < -0.3 is 24.4 Å². The molecule has 0 aromatic heterocycles. The van der Waals surface area contributed by atoms with Crippen LogP contribution in [0.25, 0.3) is 6.08 Å². The van der Waals surface area contributed by atoms with Gasteiger partial charge in [-0.1, -0.05) is 26.0 Å². The van der Waals surface area contributed by atoms with E-state index in [1.165, 1.54) is 7.11 Å². The highest BCUT2D eigenvalue weighted by molar-refractivity contribution is 6.16. The zero-order valence-corrected chi connectivity index (χ0v) is 19.7. The maximum Gasteiger partial charge on any atom is 0.340 e. The van der Waals surface area contributed by atoms with Crippen LogP contribution in [0.3, 0.4) is 0 Å². The SMILES string of the molecule is COC(=O)C1=C(C)N(CC(C)C)C(=O)/C1=C\c1ccc(OCC(=O)NC[C@@H]2CCCO2)cc1. The van der Waals surface area contributed by atoms with Crippen LogP contribution in [-0.2, 0) is 23.9 Å². The molecule has 8 heteroatoms. The zero-order chi connectivity index (χ0) is 24.0. The number of benzene rings is 1. The number of rotatable bonds is 9. The normalized spacial score (nSPS) is 19.5. The van der Waals surface area contributed by atoms with Gasteiger partial charge in [0.25, 0.3) is 11.8 Å². The lowest BCUT2D eigenvalue weighted by Gasteiger charge is -2.19. The molecule has 1 N–H and O–H groups in total. The largest absolute Gasteiger partial charge is 0.484 e. The highest BCUT2D eigenvalue weighted by Crippen LogP contribution is 2.32. The first kappa shape index (κ1) is 24.5. The van der Waals surface area contributed by atoms with Gasteiger partial charge >= 0.3 is 5.97 Å². The predicted octanol–water partition coefficient (Wildman–Crippen LogP) is 2.69. The van der Waals surface area contributed by atoms with E-state index >= 15 is 0 Å². The van der Waals surface area contributed by atoms with Gasteiger partial charge in [-0.25, -0.2) is 4.79 Å². The van der Waals surface area contributed by atoms with Gasteiger partial charge in [-0.2, -0.15) is 0 Å².